The van der Waals surface area contributed by atoms with Gasteiger partial charge < -0.3 is 15.0 Å². The molecule has 1 fully saturated rings. The monoisotopic (exact) mass is 446 g/mol. The summed E-state index contributed by atoms with van der Waals surface area (Å²) in [6.07, 6.45) is 5.27. The predicted octanol–water partition coefficient (Wildman–Crippen LogP) is 2.98. The molecule has 168 valence electrons. The molecule has 1 saturated heterocycles. The van der Waals surface area contributed by atoms with Gasteiger partial charge in [0.2, 0.25) is 11.9 Å². The van der Waals surface area contributed by atoms with Crippen molar-refractivity contribution in [2.24, 2.45) is 0 Å². The number of para-hydroxylation sites is 2. The number of aromatic nitrogens is 3. The maximum Gasteiger partial charge on any atom is 0.321 e. The Morgan fingerprint density at radius 1 is 1.16 bits per heavy atom. The SMILES string of the molecule is CCCCNC(=O)NC(=O)CSc1nnc(N2CCCCC2)n1-c1ccccc1OC. The number of unbranched alkanes of at least 4 members (excludes halogenated alkanes) is 1. The van der Waals surface area contributed by atoms with Crippen molar-refractivity contribution in [1.29, 1.82) is 0 Å². The first kappa shape index (κ1) is 22.9. The number of anilines is 1. The molecule has 1 aliphatic rings. The number of hydrogen-bond acceptors (Lipinski definition) is 7. The first-order valence-corrected chi connectivity index (χ1v) is 11.7. The van der Waals surface area contributed by atoms with E-state index in [1.165, 1.54) is 18.2 Å². The Hall–Kier alpha value is -2.75. The lowest BCUT2D eigenvalue weighted by molar-refractivity contribution is -0.117. The Morgan fingerprint density at radius 2 is 1.94 bits per heavy atom. The quantitative estimate of drug-likeness (QED) is 0.451. The molecule has 31 heavy (non-hydrogen) atoms. The summed E-state index contributed by atoms with van der Waals surface area (Å²) >= 11 is 1.24. The number of urea groups is 1. The van der Waals surface area contributed by atoms with Gasteiger partial charge in [0, 0.05) is 19.6 Å². The number of thioether (sulfide) groups is 1. The van der Waals surface area contributed by atoms with Gasteiger partial charge in [-0.15, -0.1) is 10.2 Å². The van der Waals surface area contributed by atoms with Crippen molar-refractivity contribution in [1.82, 2.24) is 25.4 Å². The maximum atomic E-state index is 12.3. The molecule has 2 heterocycles. The Labute approximate surface area is 186 Å². The van der Waals surface area contributed by atoms with E-state index in [0.29, 0.717) is 17.5 Å². The minimum atomic E-state index is -0.473. The van der Waals surface area contributed by atoms with E-state index in [9.17, 15) is 9.59 Å². The smallest absolute Gasteiger partial charge is 0.321 e. The molecule has 3 rings (SSSR count). The van der Waals surface area contributed by atoms with E-state index in [0.717, 1.165) is 50.4 Å². The van der Waals surface area contributed by atoms with Crippen LogP contribution in [0.2, 0.25) is 0 Å². The van der Waals surface area contributed by atoms with Gasteiger partial charge in [-0.3, -0.25) is 14.7 Å². The van der Waals surface area contributed by atoms with Crippen molar-refractivity contribution in [2.75, 3.05) is 37.4 Å². The molecule has 0 bridgehead atoms. The molecule has 0 aliphatic carbocycles. The molecule has 0 radical (unpaired) electrons. The van der Waals surface area contributed by atoms with Crippen molar-refractivity contribution in [2.45, 2.75) is 44.2 Å². The molecule has 1 aromatic carbocycles. The number of amides is 3. The lowest BCUT2D eigenvalue weighted by Crippen LogP contribution is -2.40. The van der Waals surface area contributed by atoms with Gasteiger partial charge in [-0.25, -0.2) is 4.79 Å². The van der Waals surface area contributed by atoms with Gasteiger partial charge in [-0.05, 0) is 37.8 Å². The van der Waals surface area contributed by atoms with E-state index >= 15 is 0 Å². The number of ether oxygens (including phenoxy) is 1. The van der Waals surface area contributed by atoms with Crippen LogP contribution in [0.15, 0.2) is 29.4 Å². The first-order chi connectivity index (χ1) is 15.1. The number of nitrogens with zero attached hydrogens (tertiary/aromatic N) is 4. The molecule has 2 aromatic rings. The molecule has 0 saturated carbocycles. The van der Waals surface area contributed by atoms with Gasteiger partial charge >= 0.3 is 6.03 Å². The van der Waals surface area contributed by atoms with Gasteiger partial charge in [-0.1, -0.05) is 37.2 Å². The van der Waals surface area contributed by atoms with Crippen LogP contribution in [0.1, 0.15) is 39.0 Å². The molecular formula is C21H30N6O3S. The summed E-state index contributed by atoms with van der Waals surface area (Å²) < 4.78 is 7.49. The minimum absolute atomic E-state index is 0.0501. The highest BCUT2D eigenvalue weighted by Crippen LogP contribution is 2.32. The van der Waals surface area contributed by atoms with Gasteiger partial charge in [0.25, 0.3) is 0 Å². The Balaban J connectivity index is 1.76. The van der Waals surface area contributed by atoms with Gasteiger partial charge in [0.1, 0.15) is 5.75 Å². The third-order valence-corrected chi connectivity index (χ3v) is 5.91. The second kappa shape index (κ2) is 11.6. The predicted molar refractivity (Wildman–Crippen MR) is 121 cm³/mol. The van der Waals surface area contributed by atoms with E-state index in [-0.39, 0.29) is 11.7 Å². The second-order valence-corrected chi connectivity index (χ2v) is 8.23. The van der Waals surface area contributed by atoms with E-state index in [2.05, 4.69) is 25.7 Å². The minimum Gasteiger partial charge on any atom is -0.495 e. The number of imide groups is 1. The van der Waals surface area contributed by atoms with Gasteiger partial charge in [0.05, 0.1) is 18.6 Å². The average Bonchev–Trinajstić information content (AvgIpc) is 3.22. The molecule has 0 unspecified atom stereocenters. The standard InChI is InChI=1S/C21H30N6O3S/c1-3-4-12-22-19(29)23-18(28)15-31-21-25-24-20(26-13-8-5-9-14-26)27(21)16-10-6-7-11-17(16)30-2/h6-7,10-11H,3-5,8-9,12-15H2,1-2H3,(H2,22,23,28,29). The first-order valence-electron chi connectivity index (χ1n) is 10.7. The van der Waals surface area contributed by atoms with Crippen LogP contribution < -0.4 is 20.3 Å². The molecule has 1 aliphatic heterocycles. The van der Waals surface area contributed by atoms with Crippen molar-refractivity contribution in [3.63, 3.8) is 0 Å². The fourth-order valence-electron chi connectivity index (χ4n) is 3.40. The zero-order valence-electron chi connectivity index (χ0n) is 18.1. The molecule has 0 atom stereocenters. The summed E-state index contributed by atoms with van der Waals surface area (Å²) in [5.41, 5.74) is 0.816. The van der Waals surface area contributed by atoms with Gasteiger partial charge in [0.15, 0.2) is 5.16 Å². The van der Waals surface area contributed by atoms with Crippen LogP contribution >= 0.6 is 11.8 Å². The van der Waals surface area contributed by atoms with Crippen LogP contribution in [-0.2, 0) is 4.79 Å². The maximum absolute atomic E-state index is 12.3. The third kappa shape index (κ3) is 6.13. The van der Waals surface area contributed by atoms with E-state index in [4.69, 9.17) is 4.74 Å². The zero-order valence-corrected chi connectivity index (χ0v) is 18.9. The molecule has 9 nitrogen and oxygen atoms in total. The Kier molecular flexibility index (Phi) is 8.57. The largest absolute Gasteiger partial charge is 0.495 e. The highest BCUT2D eigenvalue weighted by Gasteiger charge is 2.24. The van der Waals surface area contributed by atoms with Crippen molar-refractivity contribution in [3.05, 3.63) is 24.3 Å². The van der Waals surface area contributed by atoms with Gasteiger partial charge in [-0.2, -0.15) is 0 Å². The van der Waals surface area contributed by atoms with Crippen molar-refractivity contribution < 1.29 is 14.3 Å². The van der Waals surface area contributed by atoms with Crippen LogP contribution in [0.4, 0.5) is 10.7 Å². The molecule has 1 aromatic heterocycles. The van der Waals surface area contributed by atoms with Crippen LogP contribution in [-0.4, -0.2) is 59.2 Å². The topological polar surface area (TPSA) is 101 Å². The number of carbonyl (C=O) groups excluding carboxylic acids is 2. The molecule has 3 amide bonds. The average molecular weight is 447 g/mol. The molecule has 2 N–H and O–H groups in total. The Bertz CT molecular complexity index is 882. The number of piperidine rings is 1. The number of carbonyl (C=O) groups is 2. The normalized spacial score (nSPS) is 13.7. The van der Waals surface area contributed by atoms with Crippen LogP contribution in [0.25, 0.3) is 5.69 Å². The van der Waals surface area contributed by atoms with E-state index in [1.54, 1.807) is 7.11 Å². The zero-order chi connectivity index (χ0) is 22.1. The fourth-order valence-corrected chi connectivity index (χ4v) is 4.14. The highest BCUT2D eigenvalue weighted by molar-refractivity contribution is 7.99. The van der Waals surface area contributed by atoms with E-state index in [1.807, 2.05) is 35.8 Å². The number of hydrogen-bond donors (Lipinski definition) is 2. The summed E-state index contributed by atoms with van der Waals surface area (Å²) in [7, 11) is 1.63. The van der Waals surface area contributed by atoms with Crippen LogP contribution in [0, 0.1) is 0 Å². The summed E-state index contributed by atoms with van der Waals surface area (Å²) in [5.74, 6) is 1.11. The second-order valence-electron chi connectivity index (χ2n) is 7.28. The summed E-state index contributed by atoms with van der Waals surface area (Å²) in [4.78, 5) is 26.3. The van der Waals surface area contributed by atoms with E-state index < -0.39 is 6.03 Å². The Morgan fingerprint density at radius 3 is 2.68 bits per heavy atom. The van der Waals surface area contributed by atoms with Crippen molar-refractivity contribution in [3.8, 4) is 11.4 Å². The summed E-state index contributed by atoms with van der Waals surface area (Å²) in [6, 6.07) is 7.20. The number of nitrogens with one attached hydrogen (secondary N) is 2. The summed E-state index contributed by atoms with van der Waals surface area (Å²) in [6.45, 7) is 4.41. The van der Waals surface area contributed by atoms with Crippen LogP contribution in [0.5, 0.6) is 5.75 Å². The molecular weight excluding hydrogens is 416 g/mol. The molecule has 0 spiro atoms. The number of methoxy groups -OCH3 is 1. The molecule has 10 heteroatoms. The fraction of sp³-hybridized carbons (Fsp3) is 0.524. The summed E-state index contributed by atoms with van der Waals surface area (Å²) in [5, 5.41) is 14.4. The lowest BCUT2D eigenvalue weighted by atomic mass is 10.1. The number of rotatable bonds is 9. The lowest BCUT2D eigenvalue weighted by Gasteiger charge is -2.28. The van der Waals surface area contributed by atoms with Crippen LogP contribution in [0.3, 0.4) is 0 Å². The number of benzene rings is 1. The van der Waals surface area contributed by atoms with Crippen molar-refractivity contribution >= 4 is 29.6 Å². The third-order valence-electron chi connectivity index (χ3n) is 4.98. The highest BCUT2D eigenvalue weighted by atomic mass is 32.2.